The third-order valence-corrected chi connectivity index (χ3v) is 5.49. The second-order valence-corrected chi connectivity index (χ2v) is 8.95. The number of rotatable bonds is 3. The van der Waals surface area contributed by atoms with E-state index in [9.17, 15) is 9.59 Å². The summed E-state index contributed by atoms with van der Waals surface area (Å²) in [5.74, 6) is 0.463. The van der Waals surface area contributed by atoms with Crippen LogP contribution in [0.25, 0.3) is 32.9 Å². The first-order chi connectivity index (χ1) is 15.3. The minimum Gasteiger partial charge on any atom is -0.440 e. The Morgan fingerprint density at radius 2 is 1.59 bits per heavy atom. The average molecular weight is 425 g/mol. The zero-order valence-corrected chi connectivity index (χ0v) is 18.2. The second kappa shape index (κ2) is 7.34. The third-order valence-electron chi connectivity index (χ3n) is 5.49. The van der Waals surface area contributed by atoms with Gasteiger partial charge in [0.05, 0.1) is 11.0 Å². The number of nitrogens with zero attached hydrogens (tertiary/aromatic N) is 2. The number of para-hydroxylation sites is 2. The van der Waals surface area contributed by atoms with Crippen molar-refractivity contribution in [3.63, 3.8) is 0 Å². The van der Waals surface area contributed by atoms with E-state index in [1.54, 1.807) is 18.2 Å². The van der Waals surface area contributed by atoms with E-state index in [1.165, 1.54) is 0 Å². The number of nitrogens with one attached hydrogen (secondary N) is 1. The third kappa shape index (κ3) is 3.43. The van der Waals surface area contributed by atoms with E-state index < -0.39 is 0 Å². The Kier molecular flexibility index (Phi) is 4.59. The molecule has 0 saturated carbocycles. The van der Waals surface area contributed by atoms with Crippen molar-refractivity contribution in [2.45, 2.75) is 32.7 Å². The highest BCUT2D eigenvalue weighted by Crippen LogP contribution is 2.27. The average Bonchev–Trinajstić information content (AvgIpc) is 3.21. The number of benzene rings is 3. The van der Waals surface area contributed by atoms with Crippen molar-refractivity contribution >= 4 is 44.5 Å². The van der Waals surface area contributed by atoms with Crippen molar-refractivity contribution in [1.29, 1.82) is 0 Å². The summed E-state index contributed by atoms with van der Waals surface area (Å²) in [6.45, 7) is 6.20. The first-order valence-corrected chi connectivity index (χ1v) is 10.5. The van der Waals surface area contributed by atoms with Crippen molar-refractivity contribution < 1.29 is 9.21 Å². The van der Waals surface area contributed by atoms with Gasteiger partial charge in [0.15, 0.2) is 11.0 Å². The molecule has 0 bridgehead atoms. The maximum absolute atomic E-state index is 13.0. The fraction of sp³-hybridized carbons (Fsp3) is 0.192. The highest BCUT2D eigenvalue weighted by Gasteiger charge is 2.21. The van der Waals surface area contributed by atoms with Gasteiger partial charge in [-0.25, -0.2) is 4.98 Å². The fourth-order valence-corrected chi connectivity index (χ4v) is 3.92. The molecule has 0 saturated heterocycles. The van der Waals surface area contributed by atoms with Crippen LogP contribution in [0.3, 0.4) is 0 Å². The maximum atomic E-state index is 13.0. The maximum Gasteiger partial charge on any atom is 0.244 e. The van der Waals surface area contributed by atoms with Crippen LogP contribution in [0.5, 0.6) is 0 Å². The van der Waals surface area contributed by atoms with Gasteiger partial charge in [-0.05, 0) is 42.5 Å². The summed E-state index contributed by atoms with van der Waals surface area (Å²) in [6, 6.07) is 20.2. The van der Waals surface area contributed by atoms with Gasteiger partial charge < -0.3 is 14.3 Å². The molecule has 32 heavy (non-hydrogen) atoms. The molecule has 2 aromatic heterocycles. The molecule has 2 heterocycles. The summed E-state index contributed by atoms with van der Waals surface area (Å²) in [7, 11) is 0. The molecular formula is C26H23N3O3. The number of aromatic nitrogens is 2. The number of oxazole rings is 1. The summed E-state index contributed by atoms with van der Waals surface area (Å²) in [5.41, 5.74) is 3.26. The molecule has 3 aromatic carbocycles. The molecule has 5 aromatic rings. The van der Waals surface area contributed by atoms with E-state index in [-0.39, 0.29) is 23.3 Å². The Morgan fingerprint density at radius 3 is 2.22 bits per heavy atom. The molecule has 0 radical (unpaired) electrons. The molecule has 1 amide bonds. The molecule has 0 atom stereocenters. The molecule has 0 aliphatic heterocycles. The van der Waals surface area contributed by atoms with Crippen LogP contribution in [-0.2, 0) is 16.8 Å². The summed E-state index contributed by atoms with van der Waals surface area (Å²) >= 11 is 0. The zero-order valence-electron chi connectivity index (χ0n) is 18.2. The van der Waals surface area contributed by atoms with E-state index in [0.29, 0.717) is 33.5 Å². The summed E-state index contributed by atoms with van der Waals surface area (Å²) in [4.78, 5) is 30.5. The van der Waals surface area contributed by atoms with E-state index in [0.717, 1.165) is 11.0 Å². The Balaban J connectivity index is 1.50. The highest BCUT2D eigenvalue weighted by molar-refractivity contribution is 5.97. The number of hydrogen-bond donors (Lipinski definition) is 1. The van der Waals surface area contributed by atoms with Crippen LogP contribution in [0.1, 0.15) is 26.7 Å². The predicted octanol–water partition coefficient (Wildman–Crippen LogP) is 5.23. The summed E-state index contributed by atoms with van der Waals surface area (Å²) in [5, 5.41) is 4.15. The molecule has 1 N–H and O–H groups in total. The van der Waals surface area contributed by atoms with Crippen LogP contribution >= 0.6 is 0 Å². The monoisotopic (exact) mass is 425 g/mol. The lowest BCUT2D eigenvalue weighted by molar-refractivity contribution is -0.116. The Bertz CT molecular complexity index is 1490. The lowest BCUT2D eigenvalue weighted by Gasteiger charge is -2.15. The van der Waals surface area contributed by atoms with Crippen molar-refractivity contribution in [2.75, 3.05) is 5.32 Å². The van der Waals surface area contributed by atoms with Crippen LogP contribution in [0.2, 0.25) is 0 Å². The first-order valence-electron chi connectivity index (χ1n) is 10.5. The second-order valence-electron chi connectivity index (χ2n) is 8.95. The first kappa shape index (κ1) is 20.0. The van der Waals surface area contributed by atoms with Gasteiger partial charge in [-0.1, -0.05) is 45.0 Å². The van der Waals surface area contributed by atoms with E-state index >= 15 is 0 Å². The number of carbonyl (C=O) groups is 1. The molecule has 0 spiro atoms. The molecular weight excluding hydrogens is 402 g/mol. The number of carbonyl (C=O) groups excluding carboxylic acids is 1. The van der Waals surface area contributed by atoms with Gasteiger partial charge in [-0.3, -0.25) is 9.59 Å². The lowest BCUT2D eigenvalue weighted by atomic mass is 9.97. The van der Waals surface area contributed by atoms with Crippen LogP contribution in [0.15, 0.2) is 75.9 Å². The summed E-state index contributed by atoms with van der Waals surface area (Å²) < 4.78 is 7.72. The normalized spacial score (nSPS) is 12.0. The number of hydrogen-bond acceptors (Lipinski definition) is 4. The number of amides is 1. The quantitative estimate of drug-likeness (QED) is 0.402. The van der Waals surface area contributed by atoms with E-state index in [4.69, 9.17) is 4.42 Å². The van der Waals surface area contributed by atoms with Gasteiger partial charge in [-0.2, -0.15) is 0 Å². The smallest absolute Gasteiger partial charge is 0.244 e. The van der Waals surface area contributed by atoms with Gasteiger partial charge in [0.25, 0.3) is 0 Å². The van der Waals surface area contributed by atoms with Crippen molar-refractivity contribution in [3.8, 4) is 0 Å². The summed E-state index contributed by atoms with van der Waals surface area (Å²) in [6.07, 6.45) is 0. The fourth-order valence-electron chi connectivity index (χ4n) is 3.92. The van der Waals surface area contributed by atoms with Crippen molar-refractivity contribution in [1.82, 2.24) is 9.55 Å². The van der Waals surface area contributed by atoms with Crippen molar-refractivity contribution in [3.05, 3.63) is 82.8 Å². The number of pyridine rings is 1. The lowest BCUT2D eigenvalue weighted by Crippen LogP contribution is -2.21. The largest absolute Gasteiger partial charge is 0.440 e. The molecule has 160 valence electrons. The van der Waals surface area contributed by atoms with E-state index in [1.807, 2.05) is 73.9 Å². The zero-order chi connectivity index (χ0) is 22.5. The molecule has 6 heteroatoms. The van der Waals surface area contributed by atoms with Gasteiger partial charge in [0.1, 0.15) is 12.1 Å². The number of fused-ring (bicyclic) bond motifs is 3. The molecule has 6 nitrogen and oxygen atoms in total. The predicted molar refractivity (Wildman–Crippen MR) is 127 cm³/mol. The Morgan fingerprint density at radius 1 is 0.969 bits per heavy atom. The van der Waals surface area contributed by atoms with Crippen LogP contribution < -0.4 is 10.7 Å². The SMILES string of the molecule is CC(C)(C)c1nc2cc(NC(=O)Cn3c4ccccc4c(=O)c4ccccc43)ccc2o1. The van der Waals surface area contributed by atoms with Crippen LogP contribution in [0.4, 0.5) is 5.69 Å². The minimum atomic E-state index is -0.199. The van der Waals surface area contributed by atoms with Crippen LogP contribution in [-0.4, -0.2) is 15.5 Å². The molecule has 0 fully saturated rings. The Hall–Kier alpha value is -3.93. The van der Waals surface area contributed by atoms with Gasteiger partial charge in [0.2, 0.25) is 11.8 Å². The van der Waals surface area contributed by atoms with Crippen LogP contribution in [0, 0.1) is 0 Å². The molecule has 5 rings (SSSR count). The topological polar surface area (TPSA) is 77.1 Å². The van der Waals surface area contributed by atoms with E-state index in [2.05, 4.69) is 10.3 Å². The minimum absolute atomic E-state index is 0.0287. The van der Waals surface area contributed by atoms with Crippen molar-refractivity contribution in [2.24, 2.45) is 0 Å². The van der Waals surface area contributed by atoms with Gasteiger partial charge >= 0.3 is 0 Å². The Labute approximate surface area is 184 Å². The standard InChI is InChI=1S/C26H23N3O3/c1-26(2,3)25-28-19-14-16(12-13-22(19)32-25)27-23(30)15-29-20-10-6-4-8-17(20)24(31)18-9-5-7-11-21(18)29/h4-14H,15H2,1-3H3,(H,27,30). The molecule has 0 aliphatic carbocycles. The number of anilines is 1. The molecule has 0 aliphatic rings. The van der Waals surface area contributed by atoms with Gasteiger partial charge in [-0.15, -0.1) is 0 Å². The van der Waals surface area contributed by atoms with Gasteiger partial charge in [0, 0.05) is 21.9 Å². The molecule has 0 unspecified atom stereocenters. The highest BCUT2D eigenvalue weighted by atomic mass is 16.3.